The van der Waals surface area contributed by atoms with Crippen LogP contribution in [-0.2, 0) is 6.54 Å². The van der Waals surface area contributed by atoms with E-state index >= 15 is 0 Å². The maximum absolute atomic E-state index is 12.8. The Kier molecular flexibility index (Phi) is 7.50. The van der Waals surface area contributed by atoms with Crippen molar-refractivity contribution in [1.29, 1.82) is 0 Å². The molecule has 32 heavy (non-hydrogen) atoms. The van der Waals surface area contributed by atoms with Crippen LogP contribution in [0.1, 0.15) is 28.4 Å². The summed E-state index contributed by atoms with van der Waals surface area (Å²) >= 11 is 0. The summed E-state index contributed by atoms with van der Waals surface area (Å²) < 4.78 is 16.3. The van der Waals surface area contributed by atoms with Crippen LogP contribution in [0.4, 0.5) is 5.69 Å². The molecule has 0 radical (unpaired) electrons. The third-order valence-corrected chi connectivity index (χ3v) is 5.05. The molecular formula is C24H28N2O6. The van der Waals surface area contributed by atoms with Gasteiger partial charge in [-0.15, -0.1) is 0 Å². The number of carbonyl (C=O) groups is 1. The normalized spacial score (nSPS) is 11.1. The number of aliphatic hydroxyl groups excluding tert-OH is 1. The van der Waals surface area contributed by atoms with Crippen molar-refractivity contribution in [1.82, 2.24) is 4.90 Å². The molecule has 1 heterocycles. The van der Waals surface area contributed by atoms with Crippen LogP contribution in [-0.4, -0.2) is 49.8 Å². The summed E-state index contributed by atoms with van der Waals surface area (Å²) in [7, 11) is 3.43. The molecule has 170 valence electrons. The molecule has 1 aromatic heterocycles. The van der Waals surface area contributed by atoms with Gasteiger partial charge in [-0.3, -0.25) is 9.69 Å². The van der Waals surface area contributed by atoms with Gasteiger partial charge in [0, 0.05) is 24.2 Å². The van der Waals surface area contributed by atoms with Crippen LogP contribution in [0.25, 0.3) is 11.0 Å². The lowest BCUT2D eigenvalue weighted by Gasteiger charge is -2.16. The Morgan fingerprint density at radius 2 is 2.00 bits per heavy atom. The highest BCUT2D eigenvalue weighted by atomic mass is 16.5. The molecule has 0 bridgehead atoms. The summed E-state index contributed by atoms with van der Waals surface area (Å²) in [4.78, 5) is 27.4. The molecule has 2 N–H and O–H groups in total. The van der Waals surface area contributed by atoms with Gasteiger partial charge in [-0.05, 0) is 56.3 Å². The van der Waals surface area contributed by atoms with Crippen molar-refractivity contribution in [3.8, 4) is 11.5 Å². The van der Waals surface area contributed by atoms with Crippen LogP contribution >= 0.6 is 0 Å². The monoisotopic (exact) mass is 440 g/mol. The van der Waals surface area contributed by atoms with Crippen LogP contribution in [0.2, 0.25) is 0 Å². The van der Waals surface area contributed by atoms with Crippen molar-refractivity contribution in [2.24, 2.45) is 0 Å². The van der Waals surface area contributed by atoms with Crippen molar-refractivity contribution < 1.29 is 23.8 Å². The molecule has 0 saturated heterocycles. The predicted molar refractivity (Wildman–Crippen MR) is 123 cm³/mol. The van der Waals surface area contributed by atoms with E-state index < -0.39 is 11.5 Å². The number of benzene rings is 2. The van der Waals surface area contributed by atoms with Crippen LogP contribution in [0.3, 0.4) is 0 Å². The summed E-state index contributed by atoms with van der Waals surface area (Å²) in [5, 5.41) is 12.4. The minimum Gasteiger partial charge on any atom is -0.493 e. The molecule has 0 saturated carbocycles. The quantitative estimate of drug-likeness (QED) is 0.493. The van der Waals surface area contributed by atoms with E-state index in [1.54, 1.807) is 18.2 Å². The Labute approximate surface area is 186 Å². The van der Waals surface area contributed by atoms with E-state index in [0.29, 0.717) is 42.3 Å². The van der Waals surface area contributed by atoms with Gasteiger partial charge in [-0.1, -0.05) is 12.1 Å². The first-order valence-corrected chi connectivity index (χ1v) is 10.4. The highest BCUT2D eigenvalue weighted by molar-refractivity contribution is 6.06. The third-order valence-electron chi connectivity index (χ3n) is 5.05. The van der Waals surface area contributed by atoms with Gasteiger partial charge < -0.3 is 24.3 Å². The van der Waals surface area contributed by atoms with Crippen molar-refractivity contribution in [3.63, 3.8) is 0 Å². The van der Waals surface area contributed by atoms with Crippen LogP contribution in [0.5, 0.6) is 11.5 Å². The number of likely N-dealkylation sites (N-methyl/N-ethyl adjacent to an activating group) is 1. The van der Waals surface area contributed by atoms with Crippen LogP contribution in [0.15, 0.2) is 45.6 Å². The fourth-order valence-electron chi connectivity index (χ4n) is 3.46. The van der Waals surface area contributed by atoms with Crippen LogP contribution < -0.4 is 20.4 Å². The number of anilines is 1. The molecule has 3 aromatic rings. The lowest BCUT2D eigenvalue weighted by Crippen LogP contribution is -2.22. The van der Waals surface area contributed by atoms with Crippen LogP contribution in [0, 0.1) is 6.92 Å². The number of carbonyl (C=O) groups excluding carboxylic acids is 1. The molecular weight excluding hydrogens is 412 g/mol. The standard InChI is InChI=1S/C24H28N2O6/c1-5-31-22-20(30-4)9-7-17-13-18(24(29)32-21(17)22)23(28)25-19-8-6-16(12-15(19)2)14-26(3)10-11-27/h6-9,12-13,27H,5,10-11,14H2,1-4H3,(H,25,28). The number of nitrogens with one attached hydrogen (secondary N) is 1. The second kappa shape index (κ2) is 10.3. The topological polar surface area (TPSA) is 101 Å². The van der Waals surface area contributed by atoms with E-state index in [4.69, 9.17) is 19.0 Å². The molecule has 0 aliphatic heterocycles. The molecule has 8 nitrogen and oxygen atoms in total. The molecule has 1 amide bonds. The number of ether oxygens (including phenoxy) is 2. The summed E-state index contributed by atoms with van der Waals surface area (Å²) in [6.07, 6.45) is 0. The van der Waals surface area contributed by atoms with Gasteiger partial charge in [-0.25, -0.2) is 4.79 Å². The van der Waals surface area contributed by atoms with Crippen molar-refractivity contribution in [2.75, 3.05) is 39.2 Å². The van der Waals surface area contributed by atoms with Gasteiger partial charge >= 0.3 is 5.63 Å². The molecule has 0 unspecified atom stereocenters. The van der Waals surface area contributed by atoms with Gasteiger partial charge in [0.25, 0.3) is 5.91 Å². The van der Waals surface area contributed by atoms with E-state index in [1.807, 2.05) is 37.9 Å². The number of nitrogens with zero attached hydrogens (tertiary/aromatic N) is 1. The molecule has 8 heteroatoms. The maximum atomic E-state index is 12.8. The number of fused-ring (bicyclic) bond motifs is 1. The van der Waals surface area contributed by atoms with Gasteiger partial charge in [0.15, 0.2) is 11.3 Å². The van der Waals surface area contributed by atoms with E-state index in [2.05, 4.69) is 5.32 Å². The second-order valence-corrected chi connectivity index (χ2v) is 7.46. The lowest BCUT2D eigenvalue weighted by molar-refractivity contribution is 0.102. The summed E-state index contributed by atoms with van der Waals surface area (Å²) in [5.74, 6) is 0.219. The van der Waals surface area contributed by atoms with Gasteiger partial charge in [0.1, 0.15) is 5.56 Å². The smallest absolute Gasteiger partial charge is 0.349 e. The Balaban J connectivity index is 1.87. The second-order valence-electron chi connectivity index (χ2n) is 7.46. The highest BCUT2D eigenvalue weighted by Gasteiger charge is 2.19. The van der Waals surface area contributed by atoms with Gasteiger partial charge in [0.05, 0.1) is 20.3 Å². The first-order chi connectivity index (χ1) is 15.4. The highest BCUT2D eigenvalue weighted by Crippen LogP contribution is 2.35. The SMILES string of the molecule is CCOc1c(OC)ccc2cc(C(=O)Nc3ccc(CN(C)CCO)cc3C)c(=O)oc12. The number of hydrogen-bond acceptors (Lipinski definition) is 7. The molecule has 0 atom stereocenters. The van der Waals surface area contributed by atoms with Crippen molar-refractivity contribution in [2.45, 2.75) is 20.4 Å². The molecule has 3 rings (SSSR count). The lowest BCUT2D eigenvalue weighted by atomic mass is 10.1. The third kappa shape index (κ3) is 5.09. The average molecular weight is 440 g/mol. The number of aryl methyl sites for hydroxylation is 1. The predicted octanol–water partition coefficient (Wildman–Crippen LogP) is 3.19. The zero-order chi connectivity index (χ0) is 23.3. The molecule has 0 aliphatic carbocycles. The molecule has 0 aliphatic rings. The van der Waals surface area contributed by atoms with E-state index in [-0.39, 0.29) is 17.8 Å². The Bertz CT molecular complexity index is 1170. The number of aliphatic hydroxyl groups is 1. The van der Waals surface area contributed by atoms with Gasteiger partial charge in [0.2, 0.25) is 5.75 Å². The van der Waals surface area contributed by atoms with E-state index in [1.165, 1.54) is 13.2 Å². The molecule has 0 fully saturated rings. The first-order valence-electron chi connectivity index (χ1n) is 10.4. The molecule has 2 aromatic carbocycles. The number of amides is 1. The Hall–Kier alpha value is -3.36. The van der Waals surface area contributed by atoms with E-state index in [0.717, 1.165) is 11.1 Å². The molecule has 0 spiro atoms. The maximum Gasteiger partial charge on any atom is 0.349 e. The fraction of sp³-hybridized carbons (Fsp3) is 0.333. The zero-order valence-corrected chi connectivity index (χ0v) is 18.7. The number of hydrogen-bond donors (Lipinski definition) is 2. The largest absolute Gasteiger partial charge is 0.493 e. The Morgan fingerprint density at radius 3 is 2.66 bits per heavy atom. The Morgan fingerprint density at radius 1 is 1.22 bits per heavy atom. The zero-order valence-electron chi connectivity index (χ0n) is 18.7. The fourth-order valence-corrected chi connectivity index (χ4v) is 3.46. The summed E-state index contributed by atoms with van der Waals surface area (Å²) in [6, 6.07) is 10.6. The van der Waals surface area contributed by atoms with E-state index in [9.17, 15) is 9.59 Å². The average Bonchev–Trinajstić information content (AvgIpc) is 2.76. The first kappa shape index (κ1) is 23.3. The number of methoxy groups -OCH3 is 1. The minimum atomic E-state index is -0.760. The summed E-state index contributed by atoms with van der Waals surface area (Å²) in [5.41, 5.74) is 1.90. The minimum absolute atomic E-state index is 0.0941. The van der Waals surface area contributed by atoms with Crippen molar-refractivity contribution in [3.05, 3.63) is 63.5 Å². The van der Waals surface area contributed by atoms with Gasteiger partial charge in [-0.2, -0.15) is 0 Å². The summed E-state index contributed by atoms with van der Waals surface area (Å²) in [6.45, 7) is 5.41. The number of rotatable bonds is 9. The van der Waals surface area contributed by atoms with Crippen molar-refractivity contribution >= 4 is 22.6 Å².